The molecule has 150 valence electrons. The molecule has 0 unspecified atom stereocenters. The number of rotatable bonds is 5. The lowest BCUT2D eigenvalue weighted by molar-refractivity contribution is -0.158. The molecule has 1 aromatic rings. The second-order valence-corrected chi connectivity index (χ2v) is 7.85. The minimum absolute atomic E-state index is 0.0831. The maximum Gasteiger partial charge on any atom is 0.410 e. The molecular weight excluding hydrogens is 348 g/mol. The molecule has 1 amide bonds. The van der Waals surface area contributed by atoms with Crippen molar-refractivity contribution in [2.75, 3.05) is 26.2 Å². The summed E-state index contributed by atoms with van der Waals surface area (Å²) in [6, 6.07) is 9.12. The van der Waals surface area contributed by atoms with Gasteiger partial charge in [-0.05, 0) is 33.3 Å². The van der Waals surface area contributed by atoms with E-state index in [0.29, 0.717) is 19.6 Å². The van der Waals surface area contributed by atoms with Gasteiger partial charge in [-0.1, -0.05) is 30.3 Å². The number of amides is 1. The lowest BCUT2D eigenvalue weighted by Crippen LogP contribution is -2.59. The van der Waals surface area contributed by atoms with Gasteiger partial charge in [0.2, 0.25) is 0 Å². The Kier molecular flexibility index (Phi) is 7.21. The van der Waals surface area contributed by atoms with Crippen LogP contribution < -0.4 is 0 Å². The van der Waals surface area contributed by atoms with Gasteiger partial charge in [0.05, 0.1) is 18.7 Å². The van der Waals surface area contributed by atoms with Gasteiger partial charge in [0, 0.05) is 19.6 Å². The van der Waals surface area contributed by atoms with Gasteiger partial charge in [-0.2, -0.15) is 0 Å². The molecule has 1 aliphatic rings. The quantitative estimate of drug-likeness (QED) is 0.790. The Labute approximate surface area is 160 Å². The van der Waals surface area contributed by atoms with Crippen molar-refractivity contribution in [1.82, 2.24) is 9.80 Å². The first-order valence-electron chi connectivity index (χ1n) is 9.25. The number of carbonyl (C=O) groups is 2. The van der Waals surface area contributed by atoms with Gasteiger partial charge in [0.15, 0.2) is 0 Å². The van der Waals surface area contributed by atoms with Gasteiger partial charge in [-0.15, -0.1) is 0 Å². The van der Waals surface area contributed by atoms with Crippen molar-refractivity contribution >= 4 is 12.1 Å². The fraction of sp³-hybridized carbons (Fsp3) is 0.600. The van der Waals surface area contributed by atoms with Crippen molar-refractivity contribution in [2.24, 2.45) is 0 Å². The van der Waals surface area contributed by atoms with Gasteiger partial charge in [0.25, 0.3) is 0 Å². The maximum absolute atomic E-state index is 12.4. The fourth-order valence-corrected chi connectivity index (χ4v) is 3.02. The van der Waals surface area contributed by atoms with Gasteiger partial charge >= 0.3 is 12.1 Å². The molecular formula is C20H30N2O5. The summed E-state index contributed by atoms with van der Waals surface area (Å²) in [5, 5.41) is 10.1. The number of nitrogens with zero attached hydrogens (tertiary/aromatic N) is 2. The lowest BCUT2D eigenvalue weighted by atomic mass is 10.1. The van der Waals surface area contributed by atoms with E-state index in [4.69, 9.17) is 9.47 Å². The van der Waals surface area contributed by atoms with Crippen LogP contribution >= 0.6 is 0 Å². The van der Waals surface area contributed by atoms with Crippen LogP contribution in [0.2, 0.25) is 0 Å². The van der Waals surface area contributed by atoms with Crippen molar-refractivity contribution in [3.63, 3.8) is 0 Å². The Bertz CT molecular complexity index is 627. The third-order valence-electron chi connectivity index (χ3n) is 4.31. The zero-order valence-corrected chi connectivity index (χ0v) is 16.6. The molecule has 2 atom stereocenters. The molecule has 1 heterocycles. The summed E-state index contributed by atoms with van der Waals surface area (Å²) in [5.41, 5.74) is 0.363. The van der Waals surface area contributed by atoms with Crippen molar-refractivity contribution in [1.29, 1.82) is 0 Å². The summed E-state index contributed by atoms with van der Waals surface area (Å²) in [6.07, 6.45) is -1.11. The van der Waals surface area contributed by atoms with E-state index in [1.165, 1.54) is 0 Å². The van der Waals surface area contributed by atoms with Crippen LogP contribution in [0.5, 0.6) is 0 Å². The monoisotopic (exact) mass is 378 g/mol. The molecule has 1 saturated heterocycles. The van der Waals surface area contributed by atoms with Crippen LogP contribution in [0.15, 0.2) is 30.3 Å². The van der Waals surface area contributed by atoms with Crippen molar-refractivity contribution in [3.8, 4) is 0 Å². The highest BCUT2D eigenvalue weighted by atomic mass is 16.6. The standard InChI is InChI=1S/C20H30N2O5/c1-15(23)17-12-22(19(25)26-14-16-8-6-5-7-9-16)11-10-21(17)13-18(24)27-20(2,3)4/h5-9,15,17,23H,10-14H2,1-4H3/t15-,17+/m0/s1. The molecule has 1 N–H and O–H groups in total. The number of piperazine rings is 1. The van der Waals surface area contributed by atoms with Crippen LogP contribution in [0.4, 0.5) is 4.79 Å². The molecule has 27 heavy (non-hydrogen) atoms. The number of hydrogen-bond donors (Lipinski definition) is 1. The molecule has 0 saturated carbocycles. The predicted octanol–water partition coefficient (Wildman–Crippen LogP) is 2.03. The molecule has 1 aliphatic heterocycles. The topological polar surface area (TPSA) is 79.3 Å². The summed E-state index contributed by atoms with van der Waals surface area (Å²) in [7, 11) is 0. The highest BCUT2D eigenvalue weighted by Crippen LogP contribution is 2.16. The summed E-state index contributed by atoms with van der Waals surface area (Å²) < 4.78 is 10.7. The smallest absolute Gasteiger partial charge is 0.410 e. The normalized spacial score (nSPS) is 19.4. The second kappa shape index (κ2) is 9.19. The number of aliphatic hydroxyl groups is 1. The van der Waals surface area contributed by atoms with E-state index in [9.17, 15) is 14.7 Å². The molecule has 0 spiro atoms. The van der Waals surface area contributed by atoms with Crippen LogP contribution in [0.1, 0.15) is 33.3 Å². The Morgan fingerprint density at radius 3 is 2.48 bits per heavy atom. The Hall–Kier alpha value is -2.12. The van der Waals surface area contributed by atoms with Crippen LogP contribution in [0, 0.1) is 0 Å². The van der Waals surface area contributed by atoms with Gasteiger partial charge in [-0.25, -0.2) is 4.79 Å². The van der Waals surface area contributed by atoms with E-state index < -0.39 is 17.8 Å². The average Bonchev–Trinajstić information content (AvgIpc) is 2.59. The molecule has 1 aromatic carbocycles. The molecule has 0 bridgehead atoms. The van der Waals surface area contributed by atoms with Crippen molar-refractivity contribution in [2.45, 2.75) is 52.0 Å². The van der Waals surface area contributed by atoms with Crippen LogP contribution in [-0.4, -0.2) is 70.9 Å². The third kappa shape index (κ3) is 6.84. The van der Waals surface area contributed by atoms with Gasteiger partial charge in [0.1, 0.15) is 12.2 Å². The summed E-state index contributed by atoms with van der Waals surface area (Å²) in [4.78, 5) is 27.9. The number of esters is 1. The van der Waals surface area contributed by atoms with Crippen molar-refractivity contribution in [3.05, 3.63) is 35.9 Å². The van der Waals surface area contributed by atoms with Crippen LogP contribution in [0.25, 0.3) is 0 Å². The summed E-state index contributed by atoms with van der Waals surface area (Å²) in [6.45, 7) is 8.60. The lowest BCUT2D eigenvalue weighted by Gasteiger charge is -2.41. The van der Waals surface area contributed by atoms with E-state index in [2.05, 4.69) is 0 Å². The van der Waals surface area contributed by atoms with Crippen LogP contribution in [-0.2, 0) is 20.9 Å². The first kappa shape index (κ1) is 21.2. The Morgan fingerprint density at radius 2 is 1.89 bits per heavy atom. The highest BCUT2D eigenvalue weighted by molar-refractivity contribution is 5.72. The number of ether oxygens (including phenoxy) is 2. The zero-order chi connectivity index (χ0) is 20.0. The highest BCUT2D eigenvalue weighted by Gasteiger charge is 2.34. The molecule has 7 nitrogen and oxygen atoms in total. The molecule has 0 aliphatic carbocycles. The maximum atomic E-state index is 12.4. The molecule has 1 fully saturated rings. The van der Waals surface area contributed by atoms with E-state index >= 15 is 0 Å². The second-order valence-electron chi connectivity index (χ2n) is 7.85. The van der Waals surface area contributed by atoms with Gasteiger partial charge < -0.3 is 19.5 Å². The number of hydrogen-bond acceptors (Lipinski definition) is 6. The first-order chi connectivity index (χ1) is 12.7. The average molecular weight is 378 g/mol. The number of carbonyl (C=O) groups excluding carboxylic acids is 2. The van der Waals surface area contributed by atoms with Gasteiger partial charge in [-0.3, -0.25) is 9.69 Å². The largest absolute Gasteiger partial charge is 0.459 e. The minimum atomic E-state index is -0.697. The van der Waals surface area contributed by atoms with Crippen LogP contribution in [0.3, 0.4) is 0 Å². The summed E-state index contributed by atoms with van der Waals surface area (Å²) in [5.74, 6) is -0.340. The van der Waals surface area contributed by atoms with E-state index in [1.54, 1.807) is 11.8 Å². The van der Waals surface area contributed by atoms with E-state index in [1.807, 2.05) is 56.0 Å². The Morgan fingerprint density at radius 1 is 1.22 bits per heavy atom. The first-order valence-corrected chi connectivity index (χ1v) is 9.25. The Balaban J connectivity index is 1.90. The number of aliphatic hydroxyl groups excluding tert-OH is 1. The molecule has 0 aromatic heterocycles. The molecule has 2 rings (SSSR count). The SMILES string of the molecule is C[C@H](O)[C@H]1CN(C(=O)OCc2ccccc2)CCN1CC(=O)OC(C)(C)C. The number of benzene rings is 1. The zero-order valence-electron chi connectivity index (χ0n) is 16.6. The molecule has 0 radical (unpaired) electrons. The third-order valence-corrected chi connectivity index (χ3v) is 4.31. The molecule has 7 heteroatoms. The van der Waals surface area contributed by atoms with E-state index in [0.717, 1.165) is 5.56 Å². The van der Waals surface area contributed by atoms with Crippen molar-refractivity contribution < 1.29 is 24.2 Å². The fourth-order valence-electron chi connectivity index (χ4n) is 3.02. The summed E-state index contributed by atoms with van der Waals surface area (Å²) >= 11 is 0. The predicted molar refractivity (Wildman–Crippen MR) is 101 cm³/mol. The van der Waals surface area contributed by atoms with E-state index in [-0.39, 0.29) is 25.2 Å². The minimum Gasteiger partial charge on any atom is -0.459 e.